The van der Waals surface area contributed by atoms with Crippen molar-refractivity contribution < 1.29 is 9.47 Å². The maximum atomic E-state index is 5.21. The number of hydrogen-bond acceptors (Lipinski definition) is 5. The van der Waals surface area contributed by atoms with Crippen LogP contribution in [0.5, 0.6) is 11.6 Å². The molecule has 1 atom stereocenters. The normalized spacial score (nSPS) is 11.8. The first-order valence-electron chi connectivity index (χ1n) is 8.54. The largest absolute Gasteiger partial charge is 0.497 e. The summed E-state index contributed by atoms with van der Waals surface area (Å²) in [6.45, 7) is 2.92. The van der Waals surface area contributed by atoms with Gasteiger partial charge in [-0.2, -0.15) is 0 Å². The molecule has 0 unspecified atom stereocenters. The van der Waals surface area contributed by atoms with Crippen molar-refractivity contribution >= 4 is 0 Å². The molecule has 0 bridgehead atoms. The second-order valence-electron chi connectivity index (χ2n) is 6.04. The third kappa shape index (κ3) is 4.37. The third-order valence-corrected chi connectivity index (χ3v) is 4.30. The highest BCUT2D eigenvalue weighted by molar-refractivity contribution is 5.59. The van der Waals surface area contributed by atoms with Crippen LogP contribution in [0.3, 0.4) is 0 Å². The second kappa shape index (κ2) is 8.45. The molecule has 0 fully saturated rings. The van der Waals surface area contributed by atoms with E-state index in [9.17, 15) is 0 Å². The Bertz CT molecular complexity index is 833. The van der Waals surface area contributed by atoms with Crippen LogP contribution in [0.2, 0.25) is 0 Å². The molecule has 0 aliphatic heterocycles. The van der Waals surface area contributed by atoms with E-state index in [4.69, 9.17) is 9.47 Å². The molecule has 26 heavy (non-hydrogen) atoms. The van der Waals surface area contributed by atoms with Crippen molar-refractivity contribution in [1.29, 1.82) is 0 Å². The Hall–Kier alpha value is -2.92. The van der Waals surface area contributed by atoms with Gasteiger partial charge in [0.25, 0.3) is 0 Å². The molecule has 0 amide bonds. The molecular weight excluding hydrogens is 326 g/mol. The van der Waals surface area contributed by atoms with Crippen LogP contribution < -0.4 is 14.8 Å². The van der Waals surface area contributed by atoms with Gasteiger partial charge in [0.2, 0.25) is 5.88 Å². The topological polar surface area (TPSA) is 56.3 Å². The van der Waals surface area contributed by atoms with E-state index in [-0.39, 0.29) is 6.04 Å². The van der Waals surface area contributed by atoms with Crippen molar-refractivity contribution in [3.63, 3.8) is 0 Å². The average molecular weight is 349 g/mol. The van der Waals surface area contributed by atoms with Gasteiger partial charge in [0.1, 0.15) is 5.75 Å². The van der Waals surface area contributed by atoms with Crippen molar-refractivity contribution in [2.45, 2.75) is 19.5 Å². The van der Waals surface area contributed by atoms with Crippen molar-refractivity contribution in [3.8, 4) is 22.9 Å². The number of aromatic nitrogens is 2. The molecule has 1 aromatic heterocycles. The van der Waals surface area contributed by atoms with Crippen molar-refractivity contribution in [1.82, 2.24) is 15.5 Å². The van der Waals surface area contributed by atoms with Gasteiger partial charge in [-0.25, -0.2) is 0 Å². The molecule has 0 saturated heterocycles. The Balaban J connectivity index is 1.66. The third-order valence-electron chi connectivity index (χ3n) is 4.30. The van der Waals surface area contributed by atoms with Crippen LogP contribution in [0, 0.1) is 0 Å². The van der Waals surface area contributed by atoms with E-state index >= 15 is 0 Å². The summed E-state index contributed by atoms with van der Waals surface area (Å²) >= 11 is 0. The van der Waals surface area contributed by atoms with Gasteiger partial charge >= 0.3 is 0 Å². The summed E-state index contributed by atoms with van der Waals surface area (Å²) in [4.78, 5) is 0. The number of rotatable bonds is 7. The Morgan fingerprint density at radius 2 is 1.73 bits per heavy atom. The number of benzene rings is 2. The first kappa shape index (κ1) is 17.9. The zero-order valence-electron chi connectivity index (χ0n) is 15.3. The molecule has 0 aliphatic rings. The van der Waals surface area contributed by atoms with E-state index in [0.29, 0.717) is 5.88 Å². The molecule has 3 aromatic rings. The van der Waals surface area contributed by atoms with Crippen LogP contribution in [0.4, 0.5) is 0 Å². The summed E-state index contributed by atoms with van der Waals surface area (Å²) in [6.07, 6.45) is 0. The van der Waals surface area contributed by atoms with E-state index in [1.807, 2.05) is 36.4 Å². The van der Waals surface area contributed by atoms with Crippen LogP contribution in [0.1, 0.15) is 24.1 Å². The number of nitrogens with one attached hydrogen (secondary N) is 1. The number of ether oxygens (including phenoxy) is 2. The Kier molecular flexibility index (Phi) is 5.81. The standard InChI is InChI=1S/C21H23N3O2/c1-15(17-7-9-19(25-2)10-8-17)22-14-16-5-4-6-18(13-16)20-11-12-21(26-3)24-23-20/h4-13,15,22H,14H2,1-3H3/t15-/m1/s1. The molecule has 3 rings (SSSR count). The van der Waals surface area contributed by atoms with Crippen LogP contribution in [-0.4, -0.2) is 24.4 Å². The summed E-state index contributed by atoms with van der Waals surface area (Å²) in [5.74, 6) is 1.38. The van der Waals surface area contributed by atoms with Gasteiger partial charge in [0, 0.05) is 24.2 Å². The second-order valence-corrected chi connectivity index (χ2v) is 6.04. The SMILES string of the molecule is COc1ccc([C@@H](C)NCc2cccc(-c3ccc(OC)nn3)c2)cc1. The molecular formula is C21H23N3O2. The minimum Gasteiger partial charge on any atom is -0.497 e. The van der Waals surface area contributed by atoms with Gasteiger partial charge in [-0.05, 0) is 42.3 Å². The lowest BCUT2D eigenvalue weighted by Gasteiger charge is -2.15. The first-order chi connectivity index (χ1) is 12.7. The summed E-state index contributed by atoms with van der Waals surface area (Å²) in [7, 11) is 3.26. The lowest BCUT2D eigenvalue weighted by Crippen LogP contribution is -2.18. The molecule has 2 aromatic carbocycles. The lowest BCUT2D eigenvalue weighted by molar-refractivity contribution is 0.392. The van der Waals surface area contributed by atoms with Crippen molar-refractivity contribution in [2.24, 2.45) is 0 Å². The summed E-state index contributed by atoms with van der Waals surface area (Å²) in [6, 6.07) is 20.4. The van der Waals surface area contributed by atoms with Crippen LogP contribution in [-0.2, 0) is 6.54 Å². The fraction of sp³-hybridized carbons (Fsp3) is 0.238. The maximum absolute atomic E-state index is 5.21. The van der Waals surface area contributed by atoms with Gasteiger partial charge in [-0.15, -0.1) is 10.2 Å². The van der Waals surface area contributed by atoms with Gasteiger partial charge in [-0.1, -0.05) is 30.3 Å². The zero-order valence-corrected chi connectivity index (χ0v) is 15.3. The van der Waals surface area contributed by atoms with E-state index in [2.05, 4.69) is 46.7 Å². The fourth-order valence-corrected chi connectivity index (χ4v) is 2.70. The predicted octanol–water partition coefficient (Wildman–Crippen LogP) is 4.01. The molecule has 1 heterocycles. The minimum absolute atomic E-state index is 0.241. The molecule has 5 heteroatoms. The highest BCUT2D eigenvalue weighted by atomic mass is 16.5. The smallest absolute Gasteiger partial charge is 0.233 e. The van der Waals surface area contributed by atoms with Gasteiger partial charge < -0.3 is 14.8 Å². The molecule has 134 valence electrons. The fourth-order valence-electron chi connectivity index (χ4n) is 2.70. The minimum atomic E-state index is 0.241. The lowest BCUT2D eigenvalue weighted by atomic mass is 10.1. The summed E-state index contributed by atoms with van der Waals surface area (Å²) < 4.78 is 10.3. The maximum Gasteiger partial charge on any atom is 0.233 e. The summed E-state index contributed by atoms with van der Waals surface area (Å²) in [5, 5.41) is 11.8. The van der Waals surface area contributed by atoms with Crippen LogP contribution in [0.15, 0.2) is 60.7 Å². The van der Waals surface area contributed by atoms with Crippen molar-refractivity contribution in [3.05, 3.63) is 71.8 Å². The highest BCUT2D eigenvalue weighted by Gasteiger charge is 2.07. The summed E-state index contributed by atoms with van der Waals surface area (Å²) in [5.41, 5.74) is 4.29. The van der Waals surface area contributed by atoms with Gasteiger partial charge in [-0.3, -0.25) is 0 Å². The molecule has 1 N–H and O–H groups in total. The van der Waals surface area contributed by atoms with Crippen LogP contribution >= 0.6 is 0 Å². The molecule has 0 spiro atoms. The average Bonchev–Trinajstić information content (AvgIpc) is 2.72. The van der Waals surface area contributed by atoms with E-state index in [1.165, 1.54) is 11.1 Å². The van der Waals surface area contributed by atoms with Crippen LogP contribution in [0.25, 0.3) is 11.3 Å². The first-order valence-corrected chi connectivity index (χ1v) is 8.54. The zero-order chi connectivity index (χ0) is 18.4. The van der Waals surface area contributed by atoms with E-state index in [1.54, 1.807) is 14.2 Å². The van der Waals surface area contributed by atoms with E-state index < -0.39 is 0 Å². The monoisotopic (exact) mass is 349 g/mol. The molecule has 0 radical (unpaired) electrons. The quantitative estimate of drug-likeness (QED) is 0.698. The van der Waals surface area contributed by atoms with Gasteiger partial charge in [0.15, 0.2) is 0 Å². The Labute approximate surface area is 154 Å². The number of methoxy groups -OCH3 is 2. The Morgan fingerprint density at radius 3 is 2.38 bits per heavy atom. The number of hydrogen-bond donors (Lipinski definition) is 1. The van der Waals surface area contributed by atoms with Gasteiger partial charge in [0.05, 0.1) is 19.9 Å². The molecule has 0 saturated carbocycles. The van der Waals surface area contributed by atoms with Crippen molar-refractivity contribution in [2.75, 3.05) is 14.2 Å². The predicted molar refractivity (Wildman–Crippen MR) is 102 cm³/mol. The molecule has 5 nitrogen and oxygen atoms in total. The number of nitrogens with zero attached hydrogens (tertiary/aromatic N) is 2. The van der Waals surface area contributed by atoms with E-state index in [0.717, 1.165) is 23.6 Å². The Morgan fingerprint density at radius 1 is 0.923 bits per heavy atom. The molecule has 0 aliphatic carbocycles. The highest BCUT2D eigenvalue weighted by Crippen LogP contribution is 2.21.